The summed E-state index contributed by atoms with van der Waals surface area (Å²) in [4.78, 5) is 8.50. The van der Waals surface area contributed by atoms with Crippen LogP contribution < -0.4 is 11.1 Å². The molecular formula is C14H11IN4. The zero-order valence-electron chi connectivity index (χ0n) is 9.97. The first-order valence-electron chi connectivity index (χ1n) is 5.77. The maximum absolute atomic E-state index is 5.74. The van der Waals surface area contributed by atoms with Crippen molar-refractivity contribution < 1.29 is 0 Å². The number of fused-ring (bicyclic) bond motifs is 1. The maximum Gasteiger partial charge on any atom is 0.222 e. The predicted octanol–water partition coefficient (Wildman–Crippen LogP) is 3.56. The highest BCUT2D eigenvalue weighted by Crippen LogP contribution is 2.24. The molecule has 0 spiro atoms. The zero-order valence-corrected chi connectivity index (χ0v) is 12.1. The summed E-state index contributed by atoms with van der Waals surface area (Å²) in [6.45, 7) is 0. The molecule has 0 unspecified atom stereocenters. The number of hydrogen-bond donors (Lipinski definition) is 2. The highest BCUT2D eigenvalue weighted by atomic mass is 127. The van der Waals surface area contributed by atoms with Crippen molar-refractivity contribution in [2.45, 2.75) is 0 Å². The molecule has 0 saturated carbocycles. The summed E-state index contributed by atoms with van der Waals surface area (Å²) in [5, 5.41) is 4.25. The summed E-state index contributed by atoms with van der Waals surface area (Å²) in [5.41, 5.74) is 7.56. The fourth-order valence-electron chi connectivity index (χ4n) is 1.89. The summed E-state index contributed by atoms with van der Waals surface area (Å²) in [6, 6.07) is 15.9. The highest BCUT2D eigenvalue weighted by molar-refractivity contribution is 14.1. The molecule has 19 heavy (non-hydrogen) atoms. The molecule has 0 aliphatic carbocycles. The molecule has 3 aromatic rings. The third kappa shape index (κ3) is 2.60. The minimum absolute atomic E-state index is 0.270. The molecule has 3 N–H and O–H groups in total. The van der Waals surface area contributed by atoms with Gasteiger partial charge in [-0.15, -0.1) is 0 Å². The van der Waals surface area contributed by atoms with Gasteiger partial charge in [0.05, 0.1) is 5.52 Å². The average Bonchev–Trinajstić information content (AvgIpc) is 2.38. The standard InChI is InChI=1S/C14H11IN4/c15-9-4-3-5-10(8-9)17-13-11-6-1-2-7-12(11)18-14(16)19-13/h1-8H,(H3,16,17,18,19). The largest absolute Gasteiger partial charge is 0.368 e. The Kier molecular flexibility index (Phi) is 3.20. The molecule has 3 rings (SSSR count). The third-order valence-corrected chi connectivity index (χ3v) is 3.38. The Morgan fingerprint density at radius 3 is 2.68 bits per heavy atom. The van der Waals surface area contributed by atoms with Gasteiger partial charge < -0.3 is 11.1 Å². The van der Waals surface area contributed by atoms with Crippen molar-refractivity contribution in [2.75, 3.05) is 11.1 Å². The van der Waals surface area contributed by atoms with Crippen LogP contribution in [0, 0.1) is 3.57 Å². The van der Waals surface area contributed by atoms with Crippen molar-refractivity contribution in [1.29, 1.82) is 0 Å². The molecule has 0 radical (unpaired) electrons. The fourth-order valence-corrected chi connectivity index (χ4v) is 2.44. The van der Waals surface area contributed by atoms with Crippen molar-refractivity contribution >= 4 is 50.9 Å². The lowest BCUT2D eigenvalue weighted by Crippen LogP contribution is -2.01. The number of nitrogens with one attached hydrogen (secondary N) is 1. The fraction of sp³-hybridized carbons (Fsp3) is 0. The van der Waals surface area contributed by atoms with Crippen LogP contribution in [0.15, 0.2) is 48.5 Å². The van der Waals surface area contributed by atoms with Gasteiger partial charge in [-0.1, -0.05) is 18.2 Å². The molecule has 0 aliphatic rings. The number of nitrogens with two attached hydrogens (primary N) is 1. The molecule has 2 aromatic carbocycles. The molecule has 0 amide bonds. The maximum atomic E-state index is 5.74. The van der Waals surface area contributed by atoms with E-state index in [0.717, 1.165) is 26.0 Å². The van der Waals surface area contributed by atoms with Crippen molar-refractivity contribution in [3.05, 3.63) is 52.1 Å². The monoisotopic (exact) mass is 362 g/mol. The summed E-state index contributed by atoms with van der Waals surface area (Å²) in [7, 11) is 0. The van der Waals surface area contributed by atoms with Crippen molar-refractivity contribution in [2.24, 2.45) is 0 Å². The highest BCUT2D eigenvalue weighted by Gasteiger charge is 2.06. The molecule has 1 heterocycles. The predicted molar refractivity (Wildman–Crippen MR) is 86.4 cm³/mol. The quantitative estimate of drug-likeness (QED) is 0.685. The second-order valence-corrected chi connectivity index (χ2v) is 5.33. The molecule has 0 saturated heterocycles. The van der Waals surface area contributed by atoms with Gasteiger partial charge in [-0.2, -0.15) is 4.98 Å². The number of hydrogen-bond acceptors (Lipinski definition) is 4. The Balaban J connectivity index is 2.09. The van der Waals surface area contributed by atoms with Crippen molar-refractivity contribution in [3.8, 4) is 0 Å². The van der Waals surface area contributed by atoms with Gasteiger partial charge in [0.2, 0.25) is 5.95 Å². The van der Waals surface area contributed by atoms with Gasteiger partial charge in [0, 0.05) is 14.6 Å². The van der Waals surface area contributed by atoms with Gasteiger partial charge in [0.15, 0.2) is 0 Å². The van der Waals surface area contributed by atoms with E-state index in [4.69, 9.17) is 5.73 Å². The molecule has 1 aromatic heterocycles. The second kappa shape index (κ2) is 5.00. The zero-order chi connectivity index (χ0) is 13.2. The Labute approximate surface area is 124 Å². The Morgan fingerprint density at radius 2 is 1.84 bits per heavy atom. The van der Waals surface area contributed by atoms with Crippen LogP contribution in [0.25, 0.3) is 10.9 Å². The SMILES string of the molecule is Nc1nc(Nc2cccc(I)c2)c2ccccc2n1. The minimum Gasteiger partial charge on any atom is -0.368 e. The molecule has 4 nitrogen and oxygen atoms in total. The van der Waals surface area contributed by atoms with E-state index in [-0.39, 0.29) is 5.95 Å². The molecule has 0 atom stereocenters. The number of benzene rings is 2. The van der Waals surface area contributed by atoms with Gasteiger partial charge in [0.25, 0.3) is 0 Å². The number of nitrogen functional groups attached to an aromatic ring is 1. The summed E-state index contributed by atoms with van der Waals surface area (Å²) >= 11 is 2.28. The van der Waals surface area contributed by atoms with E-state index in [1.807, 2.05) is 48.5 Å². The Bertz CT molecular complexity index is 742. The van der Waals surface area contributed by atoms with Gasteiger partial charge in [-0.3, -0.25) is 0 Å². The summed E-state index contributed by atoms with van der Waals surface area (Å²) in [5.74, 6) is 0.997. The van der Waals surface area contributed by atoms with Crippen LogP contribution in [0.4, 0.5) is 17.5 Å². The molecule has 5 heteroatoms. The van der Waals surface area contributed by atoms with Gasteiger partial charge in [0.1, 0.15) is 5.82 Å². The van der Waals surface area contributed by atoms with Crippen LogP contribution in [0.3, 0.4) is 0 Å². The van der Waals surface area contributed by atoms with Crippen LogP contribution in [0.2, 0.25) is 0 Å². The van der Waals surface area contributed by atoms with Crippen LogP contribution >= 0.6 is 22.6 Å². The lowest BCUT2D eigenvalue weighted by molar-refractivity contribution is 1.23. The van der Waals surface area contributed by atoms with E-state index < -0.39 is 0 Å². The van der Waals surface area contributed by atoms with Crippen molar-refractivity contribution in [1.82, 2.24) is 9.97 Å². The van der Waals surface area contributed by atoms with Crippen LogP contribution in [-0.4, -0.2) is 9.97 Å². The first-order chi connectivity index (χ1) is 9.22. The molecule has 0 bridgehead atoms. The van der Waals surface area contributed by atoms with E-state index in [1.54, 1.807) is 0 Å². The van der Waals surface area contributed by atoms with Crippen LogP contribution in [-0.2, 0) is 0 Å². The first kappa shape index (κ1) is 12.2. The summed E-state index contributed by atoms with van der Waals surface area (Å²) < 4.78 is 1.16. The lowest BCUT2D eigenvalue weighted by atomic mass is 10.2. The Morgan fingerprint density at radius 1 is 1.00 bits per heavy atom. The first-order valence-corrected chi connectivity index (χ1v) is 6.85. The van der Waals surface area contributed by atoms with Crippen LogP contribution in [0.5, 0.6) is 0 Å². The van der Waals surface area contributed by atoms with E-state index in [9.17, 15) is 0 Å². The third-order valence-electron chi connectivity index (χ3n) is 2.71. The van der Waals surface area contributed by atoms with Gasteiger partial charge >= 0.3 is 0 Å². The number of anilines is 3. The molecule has 0 fully saturated rings. The normalized spacial score (nSPS) is 10.6. The lowest BCUT2D eigenvalue weighted by Gasteiger charge is -2.09. The summed E-state index contributed by atoms with van der Waals surface area (Å²) in [6.07, 6.45) is 0. The van der Waals surface area contributed by atoms with E-state index >= 15 is 0 Å². The Hall–Kier alpha value is -1.89. The smallest absolute Gasteiger partial charge is 0.222 e. The second-order valence-electron chi connectivity index (χ2n) is 4.08. The molecular weight excluding hydrogens is 351 g/mol. The van der Waals surface area contributed by atoms with Gasteiger partial charge in [-0.05, 0) is 52.9 Å². The number of aromatic nitrogens is 2. The number of halogens is 1. The van der Waals surface area contributed by atoms with Crippen molar-refractivity contribution in [3.63, 3.8) is 0 Å². The number of nitrogens with zero attached hydrogens (tertiary/aromatic N) is 2. The molecule has 0 aliphatic heterocycles. The number of para-hydroxylation sites is 1. The van der Waals surface area contributed by atoms with E-state index in [1.165, 1.54) is 0 Å². The molecule has 94 valence electrons. The number of rotatable bonds is 2. The van der Waals surface area contributed by atoms with Gasteiger partial charge in [-0.25, -0.2) is 4.98 Å². The topological polar surface area (TPSA) is 63.8 Å². The van der Waals surface area contributed by atoms with E-state index in [0.29, 0.717) is 0 Å². The van der Waals surface area contributed by atoms with E-state index in [2.05, 4.69) is 37.9 Å². The minimum atomic E-state index is 0.270. The van der Waals surface area contributed by atoms with Crippen LogP contribution in [0.1, 0.15) is 0 Å². The average molecular weight is 362 g/mol.